The average Bonchev–Trinajstić information content (AvgIpc) is 2.46. The molecule has 0 saturated heterocycles. The molecule has 112 valence electrons. The average molecular weight is 285 g/mol. The lowest BCUT2D eigenvalue weighted by Gasteiger charge is -2.62. The number of hydrogen-bond acceptors (Lipinski definition) is 3. The predicted octanol–water partition coefficient (Wildman–Crippen LogP) is 2.28. The van der Waals surface area contributed by atoms with Crippen LogP contribution in [-0.2, 0) is 10.2 Å². The summed E-state index contributed by atoms with van der Waals surface area (Å²) in [5, 5.41) is 11.8. The van der Waals surface area contributed by atoms with E-state index in [1.54, 1.807) is 7.11 Å². The van der Waals surface area contributed by atoms with Gasteiger partial charge in [0, 0.05) is 11.4 Å². The van der Waals surface area contributed by atoms with Crippen LogP contribution in [-0.4, -0.2) is 13.1 Å². The summed E-state index contributed by atoms with van der Waals surface area (Å²) < 4.78 is 5.24. The van der Waals surface area contributed by atoms with Crippen LogP contribution in [0.3, 0.4) is 0 Å². The van der Waals surface area contributed by atoms with Crippen LogP contribution in [0.4, 0.5) is 0 Å². The second kappa shape index (κ2) is 4.25. The Balaban J connectivity index is 1.75. The lowest BCUT2D eigenvalue weighted by atomic mass is 9.43. The molecule has 2 unspecified atom stereocenters. The third kappa shape index (κ3) is 1.82. The number of ether oxygens (including phenoxy) is 1. The topological polar surface area (TPSA) is 49.4 Å². The van der Waals surface area contributed by atoms with E-state index in [-0.39, 0.29) is 5.41 Å². The van der Waals surface area contributed by atoms with Crippen LogP contribution in [0.1, 0.15) is 44.1 Å². The van der Waals surface area contributed by atoms with Crippen LogP contribution in [0.5, 0.6) is 5.75 Å². The molecule has 0 amide bonds. The monoisotopic (exact) mass is 285 g/mol. The van der Waals surface area contributed by atoms with Gasteiger partial charge < -0.3 is 14.6 Å². The zero-order chi connectivity index (χ0) is 14.7. The molecular weight excluding hydrogens is 264 g/mol. The van der Waals surface area contributed by atoms with Crippen molar-refractivity contribution in [3.05, 3.63) is 29.8 Å². The molecule has 1 aromatic carbocycles. The lowest BCUT2D eigenvalue weighted by Crippen LogP contribution is -2.59. The molecule has 0 radical (unpaired) electrons. The summed E-state index contributed by atoms with van der Waals surface area (Å²) >= 11 is 0. The van der Waals surface area contributed by atoms with Crippen LogP contribution in [0.2, 0.25) is 0 Å². The molecule has 0 aromatic heterocycles. The summed E-state index contributed by atoms with van der Waals surface area (Å²) in [6.45, 7) is 0. The minimum atomic E-state index is -0.811. The van der Waals surface area contributed by atoms with Gasteiger partial charge in [0.15, 0.2) is 0 Å². The van der Waals surface area contributed by atoms with Crippen molar-refractivity contribution in [3.8, 4) is 5.75 Å². The van der Waals surface area contributed by atoms with Gasteiger partial charge in [-0.1, -0.05) is 12.1 Å². The summed E-state index contributed by atoms with van der Waals surface area (Å²) in [5.74, 6) is 1.17. The van der Waals surface area contributed by atoms with Crippen molar-refractivity contribution in [3.63, 3.8) is 0 Å². The normalized spacial score (nSPS) is 40.2. The van der Waals surface area contributed by atoms with Crippen molar-refractivity contribution in [2.75, 3.05) is 7.11 Å². The first-order valence-electron chi connectivity index (χ1n) is 7.91. The van der Waals surface area contributed by atoms with Gasteiger partial charge >= 0.3 is 0 Å². The Morgan fingerprint density at radius 2 is 1.76 bits per heavy atom. The van der Waals surface area contributed by atoms with E-state index >= 15 is 0 Å². The Labute approximate surface area is 125 Å². The van der Waals surface area contributed by atoms with Crippen molar-refractivity contribution in [1.82, 2.24) is 0 Å². The summed E-state index contributed by atoms with van der Waals surface area (Å²) in [4.78, 5) is 11.8. The van der Waals surface area contributed by atoms with Crippen LogP contribution >= 0.6 is 0 Å². The van der Waals surface area contributed by atoms with Gasteiger partial charge in [0.2, 0.25) is 0 Å². The van der Waals surface area contributed by atoms with Gasteiger partial charge in [0.1, 0.15) is 5.75 Å². The molecule has 21 heavy (non-hydrogen) atoms. The lowest BCUT2D eigenvalue weighted by molar-refractivity contribution is -0.327. The second-order valence-corrected chi connectivity index (χ2v) is 7.54. The van der Waals surface area contributed by atoms with Crippen LogP contribution in [0, 0.1) is 17.3 Å². The van der Waals surface area contributed by atoms with E-state index in [0.29, 0.717) is 11.8 Å². The van der Waals surface area contributed by atoms with E-state index in [1.807, 2.05) is 12.1 Å². The SMILES string of the molecule is COc1ccc(C23C[C@@H]4C[C@@H](CC(C(=O)[O-])(C4)C2)C3)cc1. The van der Waals surface area contributed by atoms with Gasteiger partial charge in [0.05, 0.1) is 7.11 Å². The van der Waals surface area contributed by atoms with Gasteiger partial charge in [-0.15, -0.1) is 0 Å². The van der Waals surface area contributed by atoms with Crippen molar-refractivity contribution in [1.29, 1.82) is 0 Å². The zero-order valence-corrected chi connectivity index (χ0v) is 12.4. The Kier molecular flexibility index (Phi) is 2.66. The standard InChI is InChI=1S/C18H22O3/c1-21-15-4-2-14(3-5-15)17-7-12-6-13(8-17)10-18(9-12,11-17)16(19)20/h2-5,12-13H,6-11H2,1H3,(H,19,20)/p-1/t12-,13+,17?,18?. The van der Waals surface area contributed by atoms with E-state index in [2.05, 4.69) is 12.1 Å². The molecule has 4 atom stereocenters. The molecule has 0 aliphatic heterocycles. The second-order valence-electron chi connectivity index (χ2n) is 7.54. The number of hydrogen-bond donors (Lipinski definition) is 0. The third-order valence-electron chi connectivity index (χ3n) is 6.20. The molecular formula is C18H21O3-. The molecule has 4 saturated carbocycles. The van der Waals surface area contributed by atoms with Gasteiger partial charge in [0.25, 0.3) is 0 Å². The van der Waals surface area contributed by atoms with E-state index in [1.165, 1.54) is 12.0 Å². The Hall–Kier alpha value is -1.51. The highest BCUT2D eigenvalue weighted by molar-refractivity contribution is 5.73. The van der Waals surface area contributed by atoms with Crippen LogP contribution in [0.25, 0.3) is 0 Å². The minimum absolute atomic E-state index is 0.0520. The first kappa shape index (κ1) is 13.2. The van der Waals surface area contributed by atoms with Gasteiger partial charge in [-0.3, -0.25) is 0 Å². The molecule has 4 aliphatic rings. The summed E-state index contributed by atoms with van der Waals surface area (Å²) in [6.07, 6.45) is 5.94. The molecule has 5 rings (SSSR count). The summed E-state index contributed by atoms with van der Waals surface area (Å²) in [6, 6.07) is 8.27. The molecule has 4 fully saturated rings. The Bertz CT molecular complexity index is 561. The Morgan fingerprint density at radius 3 is 2.29 bits per heavy atom. The number of carboxylic acid groups (broad SMARTS) is 1. The van der Waals surface area contributed by atoms with Gasteiger partial charge in [-0.05, 0) is 73.5 Å². The number of benzene rings is 1. The molecule has 0 N–H and O–H groups in total. The highest BCUT2D eigenvalue weighted by atomic mass is 16.5. The molecule has 4 aliphatic carbocycles. The smallest absolute Gasteiger partial charge is 0.118 e. The fourth-order valence-corrected chi connectivity index (χ4v) is 5.78. The fourth-order valence-electron chi connectivity index (χ4n) is 5.78. The number of methoxy groups -OCH3 is 1. The van der Waals surface area contributed by atoms with Crippen molar-refractivity contribution >= 4 is 5.97 Å². The zero-order valence-electron chi connectivity index (χ0n) is 12.4. The van der Waals surface area contributed by atoms with Crippen molar-refractivity contribution < 1.29 is 14.6 Å². The maximum atomic E-state index is 11.8. The Morgan fingerprint density at radius 1 is 1.14 bits per heavy atom. The molecule has 0 spiro atoms. The van der Waals surface area contributed by atoms with E-state index in [9.17, 15) is 9.90 Å². The van der Waals surface area contributed by atoms with Gasteiger partial charge in [-0.25, -0.2) is 0 Å². The van der Waals surface area contributed by atoms with Crippen LogP contribution < -0.4 is 9.84 Å². The quantitative estimate of drug-likeness (QED) is 0.856. The summed E-state index contributed by atoms with van der Waals surface area (Å²) in [5.41, 5.74) is 0.781. The number of carbonyl (C=O) groups is 1. The summed E-state index contributed by atoms with van der Waals surface area (Å²) in [7, 11) is 1.67. The molecule has 1 aromatic rings. The van der Waals surface area contributed by atoms with E-state index < -0.39 is 11.4 Å². The highest BCUT2D eigenvalue weighted by Crippen LogP contribution is 2.65. The fraction of sp³-hybridized carbons (Fsp3) is 0.611. The van der Waals surface area contributed by atoms with Crippen molar-refractivity contribution in [2.45, 2.75) is 43.9 Å². The number of rotatable bonds is 3. The minimum Gasteiger partial charge on any atom is -0.550 e. The molecule has 0 heterocycles. The first-order valence-corrected chi connectivity index (χ1v) is 7.91. The predicted molar refractivity (Wildman–Crippen MR) is 76.8 cm³/mol. The molecule has 4 bridgehead atoms. The van der Waals surface area contributed by atoms with Crippen LogP contribution in [0.15, 0.2) is 24.3 Å². The van der Waals surface area contributed by atoms with E-state index in [0.717, 1.165) is 37.9 Å². The number of carbonyl (C=O) groups excluding carboxylic acids is 1. The molecule has 3 nitrogen and oxygen atoms in total. The highest BCUT2D eigenvalue weighted by Gasteiger charge is 2.58. The largest absolute Gasteiger partial charge is 0.550 e. The molecule has 3 heteroatoms. The number of aliphatic carboxylic acids is 1. The third-order valence-corrected chi connectivity index (χ3v) is 6.20. The van der Waals surface area contributed by atoms with Gasteiger partial charge in [-0.2, -0.15) is 0 Å². The number of carboxylic acids is 1. The maximum Gasteiger partial charge on any atom is 0.118 e. The van der Waals surface area contributed by atoms with Crippen molar-refractivity contribution in [2.24, 2.45) is 17.3 Å². The van der Waals surface area contributed by atoms with E-state index in [4.69, 9.17) is 4.74 Å². The first-order chi connectivity index (χ1) is 10.1. The maximum absolute atomic E-state index is 11.8.